The van der Waals surface area contributed by atoms with E-state index in [9.17, 15) is 16.8 Å². The molecule has 13 heteroatoms. The molecule has 158 valence electrons. The molecule has 1 heterocycles. The van der Waals surface area contributed by atoms with Crippen molar-refractivity contribution in [3.63, 3.8) is 0 Å². The van der Waals surface area contributed by atoms with E-state index < -0.39 is 20.2 Å². The van der Waals surface area contributed by atoms with Crippen molar-refractivity contribution in [1.82, 2.24) is 15.0 Å². The molecule has 0 aliphatic carbocycles. The van der Waals surface area contributed by atoms with Gasteiger partial charge in [-0.05, 0) is 48.9 Å². The molecule has 0 aliphatic rings. The van der Waals surface area contributed by atoms with Crippen LogP contribution in [0.15, 0.2) is 58.3 Å². The van der Waals surface area contributed by atoms with Gasteiger partial charge < -0.3 is 10.6 Å². The quantitative estimate of drug-likeness (QED) is 0.387. The first-order valence-corrected chi connectivity index (χ1v) is 11.3. The number of aryl methyl sites for hydroxylation is 1. The fraction of sp³-hybridized carbons (Fsp3) is 0.118. The van der Waals surface area contributed by atoms with Gasteiger partial charge in [0.1, 0.15) is 5.82 Å². The molecule has 3 rings (SSSR count). The van der Waals surface area contributed by atoms with Gasteiger partial charge in [-0.3, -0.25) is 9.11 Å². The molecule has 0 amide bonds. The van der Waals surface area contributed by atoms with Crippen LogP contribution >= 0.6 is 0 Å². The molecule has 0 atom stereocenters. The number of benzene rings is 2. The van der Waals surface area contributed by atoms with E-state index in [4.69, 9.17) is 9.11 Å². The summed E-state index contributed by atoms with van der Waals surface area (Å²) in [6.45, 7) is 1.96. The Bertz CT molecular complexity index is 1260. The number of rotatable bonds is 7. The Morgan fingerprint density at radius 3 is 1.80 bits per heavy atom. The van der Waals surface area contributed by atoms with Crippen LogP contribution in [-0.2, 0) is 26.8 Å². The largest absolute Gasteiger partial charge is 0.350 e. The highest BCUT2D eigenvalue weighted by Crippen LogP contribution is 2.18. The van der Waals surface area contributed by atoms with Gasteiger partial charge in [0.15, 0.2) is 0 Å². The Kier molecular flexibility index (Phi) is 5.98. The van der Waals surface area contributed by atoms with Gasteiger partial charge in [0.05, 0.1) is 9.79 Å². The molecule has 30 heavy (non-hydrogen) atoms. The van der Waals surface area contributed by atoms with Crippen LogP contribution in [0.1, 0.15) is 11.4 Å². The first kappa shape index (κ1) is 21.6. The van der Waals surface area contributed by atoms with Crippen molar-refractivity contribution in [3.8, 4) is 0 Å². The van der Waals surface area contributed by atoms with Gasteiger partial charge in [0, 0.05) is 12.2 Å². The highest BCUT2D eigenvalue weighted by atomic mass is 32.2. The maximum absolute atomic E-state index is 11.1. The van der Waals surface area contributed by atoms with Crippen molar-refractivity contribution in [3.05, 3.63) is 59.9 Å². The molecule has 2 aromatic carbocycles. The van der Waals surface area contributed by atoms with Gasteiger partial charge in [0.2, 0.25) is 11.9 Å². The summed E-state index contributed by atoms with van der Waals surface area (Å²) in [5, 5.41) is 5.90. The Morgan fingerprint density at radius 2 is 1.27 bits per heavy atom. The van der Waals surface area contributed by atoms with E-state index in [0.717, 1.165) is 5.56 Å². The summed E-state index contributed by atoms with van der Waals surface area (Å²) in [7, 11) is -8.52. The molecular weight excluding hydrogens is 434 g/mol. The van der Waals surface area contributed by atoms with Crippen molar-refractivity contribution in [2.24, 2.45) is 0 Å². The highest BCUT2D eigenvalue weighted by Gasteiger charge is 2.11. The molecule has 4 N–H and O–H groups in total. The van der Waals surface area contributed by atoms with Crippen molar-refractivity contribution in [2.75, 3.05) is 10.6 Å². The Labute approximate surface area is 172 Å². The summed E-state index contributed by atoms with van der Waals surface area (Å²) in [6, 6.07) is 11.0. The number of hydrogen-bond donors (Lipinski definition) is 4. The molecule has 0 fully saturated rings. The van der Waals surface area contributed by atoms with Gasteiger partial charge in [-0.1, -0.05) is 12.1 Å². The van der Waals surface area contributed by atoms with Gasteiger partial charge in [0.25, 0.3) is 20.2 Å². The van der Waals surface area contributed by atoms with E-state index in [-0.39, 0.29) is 28.2 Å². The number of nitrogens with one attached hydrogen (secondary N) is 2. The fourth-order valence-electron chi connectivity index (χ4n) is 2.42. The highest BCUT2D eigenvalue weighted by molar-refractivity contribution is 7.86. The van der Waals surface area contributed by atoms with Crippen LogP contribution in [0.5, 0.6) is 0 Å². The lowest BCUT2D eigenvalue weighted by Crippen LogP contribution is -2.08. The van der Waals surface area contributed by atoms with Crippen LogP contribution in [0.3, 0.4) is 0 Å². The van der Waals surface area contributed by atoms with E-state index in [2.05, 4.69) is 25.6 Å². The summed E-state index contributed by atoms with van der Waals surface area (Å²) >= 11 is 0. The molecule has 0 saturated heterocycles. The van der Waals surface area contributed by atoms with E-state index in [1.165, 1.54) is 36.4 Å². The molecule has 0 spiro atoms. The average molecular weight is 451 g/mol. The van der Waals surface area contributed by atoms with Gasteiger partial charge >= 0.3 is 0 Å². The lowest BCUT2D eigenvalue weighted by Gasteiger charge is -2.09. The van der Waals surface area contributed by atoms with E-state index >= 15 is 0 Å². The van der Waals surface area contributed by atoms with Crippen molar-refractivity contribution in [2.45, 2.75) is 23.3 Å². The van der Waals surface area contributed by atoms with Crippen molar-refractivity contribution in [1.29, 1.82) is 0 Å². The summed E-state index contributed by atoms with van der Waals surface area (Å²) in [6.07, 6.45) is 0. The van der Waals surface area contributed by atoms with Crippen molar-refractivity contribution >= 4 is 37.8 Å². The maximum atomic E-state index is 11.1. The lowest BCUT2D eigenvalue weighted by atomic mass is 10.2. The first-order valence-electron chi connectivity index (χ1n) is 8.38. The minimum atomic E-state index is -4.28. The second kappa shape index (κ2) is 8.31. The molecular formula is C17H17N5O6S2. The predicted molar refractivity (Wildman–Crippen MR) is 108 cm³/mol. The summed E-state index contributed by atoms with van der Waals surface area (Å²) in [4.78, 5) is 12.1. The van der Waals surface area contributed by atoms with Crippen LogP contribution in [0.2, 0.25) is 0 Å². The predicted octanol–water partition coefficient (Wildman–Crippen LogP) is 2.03. The van der Waals surface area contributed by atoms with Crippen LogP contribution in [-0.4, -0.2) is 40.9 Å². The minimum Gasteiger partial charge on any atom is -0.350 e. The van der Waals surface area contributed by atoms with E-state index in [1.807, 2.05) is 0 Å². The number of aromatic nitrogens is 3. The van der Waals surface area contributed by atoms with Gasteiger partial charge in [-0.15, -0.1) is 0 Å². The molecule has 0 saturated carbocycles. The molecule has 0 bridgehead atoms. The van der Waals surface area contributed by atoms with Crippen LogP contribution in [0, 0.1) is 6.92 Å². The third kappa shape index (κ3) is 5.70. The molecule has 0 unspecified atom stereocenters. The maximum Gasteiger partial charge on any atom is 0.294 e. The molecule has 0 radical (unpaired) electrons. The molecule has 0 aliphatic heterocycles. The third-order valence-electron chi connectivity index (χ3n) is 3.83. The summed E-state index contributed by atoms with van der Waals surface area (Å²) < 4.78 is 62.4. The third-order valence-corrected chi connectivity index (χ3v) is 5.56. The Hall–Kier alpha value is -3.13. The monoisotopic (exact) mass is 451 g/mol. The number of hydrogen-bond acceptors (Lipinski definition) is 9. The zero-order chi connectivity index (χ0) is 21.9. The van der Waals surface area contributed by atoms with E-state index in [0.29, 0.717) is 11.5 Å². The standard InChI is InChI=1S/C17H17N5O6S2/c1-11-19-16(18-10-12-2-6-14(7-3-12)29(23,24)25)22-17(20-11)21-13-4-8-15(9-5-13)30(26,27)28/h2-9H,10H2,1H3,(H,23,24,25)(H,26,27,28)(H2,18,19,20,21,22). The van der Waals surface area contributed by atoms with Crippen molar-refractivity contribution < 1.29 is 25.9 Å². The average Bonchev–Trinajstić information content (AvgIpc) is 2.65. The summed E-state index contributed by atoms with van der Waals surface area (Å²) in [5.41, 5.74) is 1.23. The minimum absolute atomic E-state index is 0.200. The normalized spacial score (nSPS) is 11.8. The number of nitrogens with zero attached hydrogens (tertiary/aromatic N) is 3. The second-order valence-corrected chi connectivity index (χ2v) is 8.97. The lowest BCUT2D eigenvalue weighted by molar-refractivity contribution is 0.481. The Balaban J connectivity index is 1.70. The van der Waals surface area contributed by atoms with Crippen LogP contribution < -0.4 is 10.6 Å². The Morgan fingerprint density at radius 1 is 0.767 bits per heavy atom. The molecule has 1 aromatic heterocycles. The summed E-state index contributed by atoms with van der Waals surface area (Å²) in [5.74, 6) is 0.899. The zero-order valence-corrected chi connectivity index (χ0v) is 17.1. The molecule has 11 nitrogen and oxygen atoms in total. The second-order valence-electron chi connectivity index (χ2n) is 6.13. The van der Waals surface area contributed by atoms with Crippen LogP contribution in [0.4, 0.5) is 17.6 Å². The smallest absolute Gasteiger partial charge is 0.294 e. The van der Waals surface area contributed by atoms with Crippen LogP contribution in [0.25, 0.3) is 0 Å². The topological polar surface area (TPSA) is 171 Å². The van der Waals surface area contributed by atoms with E-state index in [1.54, 1.807) is 19.1 Å². The zero-order valence-electron chi connectivity index (χ0n) is 15.5. The number of anilines is 3. The molecule has 3 aromatic rings. The fourth-order valence-corrected chi connectivity index (χ4v) is 3.38. The SMILES string of the molecule is Cc1nc(NCc2ccc(S(=O)(=O)O)cc2)nc(Nc2ccc(S(=O)(=O)O)cc2)n1. The van der Waals surface area contributed by atoms with Gasteiger partial charge in [-0.2, -0.15) is 31.8 Å². The first-order chi connectivity index (χ1) is 14.0. The van der Waals surface area contributed by atoms with Gasteiger partial charge in [-0.25, -0.2) is 0 Å².